The monoisotopic (exact) mass is 309 g/mol. The molecule has 8 heteroatoms. The number of likely N-dealkylation sites (tertiary alicyclic amines) is 1. The highest BCUT2D eigenvalue weighted by atomic mass is 16.5. The summed E-state index contributed by atoms with van der Waals surface area (Å²) in [6.45, 7) is 5.62. The van der Waals surface area contributed by atoms with Crippen molar-refractivity contribution >= 4 is 17.9 Å². The highest BCUT2D eigenvalue weighted by Gasteiger charge is 2.49. The standard InChI is InChI=1S/C14H23N5O3/c1-3-22-9-8-19-10-11(17(2)14(21)16-12(10)20)15-13(19)18-6-4-5-7-18/h10-11H,3-9H2,1-2H3,(H,16,20,21). The number of hydrogen-bond acceptors (Lipinski definition) is 6. The van der Waals surface area contributed by atoms with Gasteiger partial charge in [0.2, 0.25) is 0 Å². The van der Waals surface area contributed by atoms with Gasteiger partial charge in [0.25, 0.3) is 5.91 Å². The van der Waals surface area contributed by atoms with Crippen LogP contribution in [0.5, 0.6) is 0 Å². The largest absolute Gasteiger partial charge is 0.380 e. The molecule has 0 radical (unpaired) electrons. The fourth-order valence-corrected chi connectivity index (χ4v) is 3.24. The Hall–Kier alpha value is -1.83. The fraction of sp³-hybridized carbons (Fsp3) is 0.786. The van der Waals surface area contributed by atoms with Crippen molar-refractivity contribution in [1.29, 1.82) is 0 Å². The van der Waals surface area contributed by atoms with Crippen LogP contribution in [0.1, 0.15) is 19.8 Å². The molecule has 22 heavy (non-hydrogen) atoms. The Labute approximate surface area is 130 Å². The number of guanidine groups is 1. The summed E-state index contributed by atoms with van der Waals surface area (Å²) in [5, 5.41) is 2.41. The van der Waals surface area contributed by atoms with Crippen LogP contribution < -0.4 is 5.32 Å². The molecule has 0 aromatic rings. The molecule has 8 nitrogen and oxygen atoms in total. The van der Waals surface area contributed by atoms with Crippen molar-refractivity contribution in [3.8, 4) is 0 Å². The lowest BCUT2D eigenvalue weighted by Crippen LogP contribution is -2.64. The molecule has 3 aliphatic heterocycles. The minimum absolute atomic E-state index is 0.275. The molecule has 3 amide bonds. The molecule has 122 valence electrons. The number of carbonyl (C=O) groups excluding carboxylic acids is 2. The Morgan fingerprint density at radius 3 is 2.73 bits per heavy atom. The van der Waals surface area contributed by atoms with Crippen LogP contribution >= 0.6 is 0 Å². The Morgan fingerprint density at radius 1 is 1.32 bits per heavy atom. The zero-order valence-electron chi connectivity index (χ0n) is 13.1. The topological polar surface area (TPSA) is 77.5 Å². The van der Waals surface area contributed by atoms with E-state index in [0.717, 1.165) is 31.9 Å². The zero-order chi connectivity index (χ0) is 15.7. The Bertz CT molecular complexity index is 489. The quantitative estimate of drug-likeness (QED) is 0.719. The summed E-state index contributed by atoms with van der Waals surface area (Å²) < 4.78 is 5.44. The normalized spacial score (nSPS) is 28.1. The van der Waals surface area contributed by atoms with Gasteiger partial charge in [0.05, 0.1) is 6.61 Å². The highest BCUT2D eigenvalue weighted by molar-refractivity contribution is 6.03. The number of fused-ring (bicyclic) bond motifs is 1. The molecule has 3 rings (SSSR count). The lowest BCUT2D eigenvalue weighted by atomic mass is 10.1. The van der Waals surface area contributed by atoms with E-state index in [9.17, 15) is 9.59 Å². The summed E-state index contributed by atoms with van der Waals surface area (Å²) in [4.78, 5) is 34.5. The predicted molar refractivity (Wildman–Crippen MR) is 80.3 cm³/mol. The second-order valence-electron chi connectivity index (χ2n) is 5.78. The van der Waals surface area contributed by atoms with Gasteiger partial charge in [0.1, 0.15) is 0 Å². The number of aliphatic imine (C=N–C) groups is 1. The van der Waals surface area contributed by atoms with E-state index in [1.54, 1.807) is 7.05 Å². The number of imide groups is 1. The Balaban J connectivity index is 1.84. The molecule has 0 bridgehead atoms. The maximum Gasteiger partial charge on any atom is 0.325 e. The second-order valence-corrected chi connectivity index (χ2v) is 5.78. The first-order valence-electron chi connectivity index (χ1n) is 7.88. The van der Waals surface area contributed by atoms with Crippen LogP contribution in [0.15, 0.2) is 4.99 Å². The van der Waals surface area contributed by atoms with E-state index in [1.165, 1.54) is 4.90 Å². The molecular formula is C14H23N5O3. The molecule has 3 aliphatic rings. The summed E-state index contributed by atoms with van der Waals surface area (Å²) in [6, 6.07) is -0.846. The number of ether oxygens (including phenoxy) is 1. The van der Waals surface area contributed by atoms with E-state index in [4.69, 9.17) is 9.73 Å². The molecule has 0 saturated carbocycles. The molecule has 3 heterocycles. The average molecular weight is 309 g/mol. The minimum atomic E-state index is -0.459. The number of nitrogens with zero attached hydrogens (tertiary/aromatic N) is 4. The van der Waals surface area contributed by atoms with Gasteiger partial charge in [0, 0.05) is 33.3 Å². The number of carbonyl (C=O) groups is 2. The first kappa shape index (κ1) is 15.1. The Kier molecular flexibility index (Phi) is 4.19. The third kappa shape index (κ3) is 2.51. The highest BCUT2D eigenvalue weighted by Crippen LogP contribution is 2.26. The first-order chi connectivity index (χ1) is 10.6. The first-order valence-corrected chi connectivity index (χ1v) is 7.88. The van der Waals surface area contributed by atoms with Crippen molar-refractivity contribution in [3.63, 3.8) is 0 Å². The predicted octanol–water partition coefficient (Wildman–Crippen LogP) is -0.333. The lowest BCUT2D eigenvalue weighted by molar-refractivity contribution is -0.127. The van der Waals surface area contributed by atoms with E-state index < -0.39 is 12.2 Å². The summed E-state index contributed by atoms with van der Waals surface area (Å²) in [5.41, 5.74) is 0. The summed E-state index contributed by atoms with van der Waals surface area (Å²) in [5.74, 6) is 0.548. The van der Waals surface area contributed by atoms with Gasteiger partial charge < -0.3 is 19.4 Å². The number of amides is 3. The molecule has 0 aliphatic carbocycles. The minimum Gasteiger partial charge on any atom is -0.380 e. The molecular weight excluding hydrogens is 286 g/mol. The Morgan fingerprint density at radius 2 is 2.05 bits per heavy atom. The molecule has 0 aromatic carbocycles. The van der Waals surface area contributed by atoms with Crippen LogP contribution in [0, 0.1) is 0 Å². The number of likely N-dealkylation sites (N-methyl/N-ethyl adjacent to an activating group) is 1. The van der Waals surface area contributed by atoms with Crippen LogP contribution in [-0.2, 0) is 9.53 Å². The molecule has 2 atom stereocenters. The van der Waals surface area contributed by atoms with Gasteiger partial charge in [-0.15, -0.1) is 0 Å². The average Bonchev–Trinajstić information content (AvgIpc) is 3.12. The SMILES string of the molecule is CCOCCN1C(N2CCCC2)=NC2C1C(=O)NC(=O)N2C. The van der Waals surface area contributed by atoms with Gasteiger partial charge in [-0.2, -0.15) is 0 Å². The third-order valence-electron chi connectivity index (χ3n) is 4.41. The van der Waals surface area contributed by atoms with E-state index in [1.807, 2.05) is 11.8 Å². The second kappa shape index (κ2) is 6.12. The molecule has 0 aromatic heterocycles. The van der Waals surface area contributed by atoms with Crippen LogP contribution in [0.4, 0.5) is 4.79 Å². The summed E-state index contributed by atoms with van der Waals surface area (Å²) >= 11 is 0. The molecule has 2 unspecified atom stereocenters. The van der Waals surface area contributed by atoms with E-state index in [2.05, 4.69) is 10.2 Å². The van der Waals surface area contributed by atoms with E-state index in [-0.39, 0.29) is 11.9 Å². The number of nitrogens with one attached hydrogen (secondary N) is 1. The van der Waals surface area contributed by atoms with Gasteiger partial charge in [-0.1, -0.05) is 0 Å². The maximum absolute atomic E-state index is 12.3. The van der Waals surface area contributed by atoms with Gasteiger partial charge in [-0.05, 0) is 19.8 Å². The van der Waals surface area contributed by atoms with Crippen molar-refractivity contribution in [2.24, 2.45) is 4.99 Å². The molecule has 2 fully saturated rings. The van der Waals surface area contributed by atoms with Crippen molar-refractivity contribution in [3.05, 3.63) is 0 Å². The molecule has 2 saturated heterocycles. The van der Waals surface area contributed by atoms with Gasteiger partial charge in [-0.25, -0.2) is 9.79 Å². The summed E-state index contributed by atoms with van der Waals surface area (Å²) in [6.07, 6.45) is 1.82. The molecule has 0 spiro atoms. The van der Waals surface area contributed by atoms with E-state index >= 15 is 0 Å². The number of urea groups is 1. The summed E-state index contributed by atoms with van der Waals surface area (Å²) in [7, 11) is 1.68. The zero-order valence-corrected chi connectivity index (χ0v) is 13.1. The third-order valence-corrected chi connectivity index (χ3v) is 4.41. The number of hydrogen-bond donors (Lipinski definition) is 1. The van der Waals surface area contributed by atoms with E-state index in [0.29, 0.717) is 19.8 Å². The van der Waals surface area contributed by atoms with Crippen LogP contribution in [0.2, 0.25) is 0 Å². The van der Waals surface area contributed by atoms with Crippen LogP contribution in [0.3, 0.4) is 0 Å². The van der Waals surface area contributed by atoms with Gasteiger partial charge >= 0.3 is 6.03 Å². The van der Waals surface area contributed by atoms with Crippen molar-refractivity contribution in [2.45, 2.75) is 32.0 Å². The smallest absolute Gasteiger partial charge is 0.325 e. The maximum atomic E-state index is 12.3. The van der Waals surface area contributed by atoms with Crippen LogP contribution in [0.25, 0.3) is 0 Å². The number of rotatable bonds is 4. The van der Waals surface area contributed by atoms with Crippen molar-refractivity contribution in [1.82, 2.24) is 20.0 Å². The van der Waals surface area contributed by atoms with Gasteiger partial charge in [0.15, 0.2) is 18.2 Å². The van der Waals surface area contributed by atoms with Gasteiger partial charge in [-0.3, -0.25) is 10.1 Å². The lowest BCUT2D eigenvalue weighted by Gasteiger charge is -2.37. The van der Waals surface area contributed by atoms with Crippen LogP contribution in [-0.4, -0.2) is 84.7 Å². The van der Waals surface area contributed by atoms with Crippen molar-refractivity contribution < 1.29 is 14.3 Å². The van der Waals surface area contributed by atoms with Crippen molar-refractivity contribution in [2.75, 3.05) is 39.9 Å². The fourth-order valence-electron chi connectivity index (χ4n) is 3.24. The molecule has 1 N–H and O–H groups in total.